The summed E-state index contributed by atoms with van der Waals surface area (Å²) in [6, 6.07) is 0. The molecule has 0 aliphatic rings. The zero-order valence-corrected chi connectivity index (χ0v) is 7.54. The van der Waals surface area contributed by atoms with Gasteiger partial charge >= 0.3 is 0 Å². The average molecular weight is 179 g/mol. The van der Waals surface area contributed by atoms with Gasteiger partial charge in [0.25, 0.3) is 0 Å². The molecule has 76 valence electrons. The van der Waals surface area contributed by atoms with Crippen molar-refractivity contribution < 1.29 is 9.84 Å². The van der Waals surface area contributed by atoms with Gasteiger partial charge in [0, 0.05) is 6.54 Å². The lowest BCUT2D eigenvalue weighted by atomic mass is 10.4. The fraction of sp³-hybridized carbons (Fsp3) is 1.00. The molecular weight excluding hydrogens is 158 g/mol. The zero-order chi connectivity index (χ0) is 9.66. The van der Waals surface area contributed by atoms with Crippen molar-refractivity contribution in [1.82, 2.24) is 0 Å². The van der Waals surface area contributed by atoms with Crippen molar-refractivity contribution in [2.24, 2.45) is 17.2 Å². The molecule has 7 N–H and O–H groups in total. The molecule has 0 aliphatic heterocycles. The molecule has 0 saturated heterocycles. The van der Waals surface area contributed by atoms with Crippen LogP contribution in [-0.2, 0) is 4.74 Å². The second kappa shape index (κ2) is 17.0. The van der Waals surface area contributed by atoms with Crippen LogP contribution in [0.3, 0.4) is 0 Å². The number of ether oxygens (including phenoxy) is 1. The molecule has 0 rings (SSSR count). The Bertz CT molecular complexity index is 58.6. The summed E-state index contributed by atoms with van der Waals surface area (Å²) in [5, 5.41) is 8.13. The van der Waals surface area contributed by atoms with Crippen molar-refractivity contribution in [3.05, 3.63) is 0 Å². The standard InChI is InChI=1S/C4H11NO2.C3H10N2/c5-1-3-7-4-2-6;4-2-1-3-5/h6H,1-5H2;1-5H2. The zero-order valence-electron chi connectivity index (χ0n) is 7.54. The van der Waals surface area contributed by atoms with Crippen LogP contribution >= 0.6 is 0 Å². The molecule has 0 amide bonds. The van der Waals surface area contributed by atoms with Gasteiger partial charge in [-0.2, -0.15) is 0 Å². The predicted molar refractivity (Wildman–Crippen MR) is 49.7 cm³/mol. The fourth-order valence-corrected chi connectivity index (χ4v) is 0.368. The molecule has 0 aromatic heterocycles. The van der Waals surface area contributed by atoms with E-state index in [1.54, 1.807) is 0 Å². The topological polar surface area (TPSA) is 108 Å². The van der Waals surface area contributed by atoms with Crippen molar-refractivity contribution in [2.45, 2.75) is 6.42 Å². The molecular formula is C7H21N3O2. The number of aliphatic hydroxyl groups is 1. The van der Waals surface area contributed by atoms with Gasteiger partial charge in [-0.1, -0.05) is 0 Å². The molecule has 0 bridgehead atoms. The van der Waals surface area contributed by atoms with Gasteiger partial charge in [0.15, 0.2) is 0 Å². The van der Waals surface area contributed by atoms with Crippen LogP contribution in [0, 0.1) is 0 Å². The van der Waals surface area contributed by atoms with Crippen LogP contribution in [0.2, 0.25) is 0 Å². The minimum Gasteiger partial charge on any atom is -0.394 e. The molecule has 0 spiro atoms. The second-order valence-electron chi connectivity index (χ2n) is 2.06. The summed E-state index contributed by atoms with van der Waals surface area (Å²) in [6.45, 7) is 2.99. The summed E-state index contributed by atoms with van der Waals surface area (Å²) in [5.74, 6) is 0. The first-order valence-electron chi connectivity index (χ1n) is 4.12. The van der Waals surface area contributed by atoms with E-state index in [2.05, 4.69) is 0 Å². The van der Waals surface area contributed by atoms with Crippen LogP contribution < -0.4 is 17.2 Å². The van der Waals surface area contributed by atoms with E-state index in [0.717, 1.165) is 19.5 Å². The van der Waals surface area contributed by atoms with Gasteiger partial charge in [-0.15, -0.1) is 0 Å². The third-order valence-corrected chi connectivity index (χ3v) is 0.906. The fourth-order valence-electron chi connectivity index (χ4n) is 0.368. The Morgan fingerprint density at radius 1 is 0.917 bits per heavy atom. The van der Waals surface area contributed by atoms with Gasteiger partial charge in [0.05, 0.1) is 19.8 Å². The first-order chi connectivity index (χ1) is 5.83. The molecule has 5 heteroatoms. The number of hydrogen-bond donors (Lipinski definition) is 4. The summed E-state index contributed by atoms with van der Waals surface area (Å²) in [6.07, 6.45) is 0.944. The van der Waals surface area contributed by atoms with Crippen molar-refractivity contribution in [1.29, 1.82) is 0 Å². The Morgan fingerprint density at radius 2 is 1.50 bits per heavy atom. The number of aliphatic hydroxyl groups excluding tert-OH is 1. The monoisotopic (exact) mass is 179 g/mol. The first-order valence-corrected chi connectivity index (χ1v) is 4.12. The highest BCUT2D eigenvalue weighted by atomic mass is 16.5. The smallest absolute Gasteiger partial charge is 0.0698 e. The molecule has 0 aromatic rings. The lowest BCUT2D eigenvalue weighted by Gasteiger charge is -1.95. The van der Waals surface area contributed by atoms with E-state index >= 15 is 0 Å². The van der Waals surface area contributed by atoms with Gasteiger partial charge in [-0.25, -0.2) is 0 Å². The summed E-state index contributed by atoms with van der Waals surface area (Å²) in [4.78, 5) is 0. The van der Waals surface area contributed by atoms with Crippen LogP contribution in [0.1, 0.15) is 6.42 Å². The van der Waals surface area contributed by atoms with Crippen molar-refractivity contribution >= 4 is 0 Å². The summed E-state index contributed by atoms with van der Waals surface area (Å²) in [7, 11) is 0. The molecule has 12 heavy (non-hydrogen) atoms. The highest BCUT2D eigenvalue weighted by Crippen LogP contribution is 1.66. The summed E-state index contributed by atoms with van der Waals surface area (Å²) in [5.41, 5.74) is 15.2. The lowest BCUT2D eigenvalue weighted by molar-refractivity contribution is 0.0976. The van der Waals surface area contributed by atoms with Crippen molar-refractivity contribution in [3.8, 4) is 0 Å². The normalized spacial score (nSPS) is 9.00. The van der Waals surface area contributed by atoms with Gasteiger partial charge in [0.2, 0.25) is 0 Å². The maximum absolute atomic E-state index is 8.13. The number of rotatable bonds is 6. The quantitative estimate of drug-likeness (QED) is 0.362. The summed E-state index contributed by atoms with van der Waals surface area (Å²) < 4.78 is 4.76. The maximum atomic E-state index is 8.13. The Balaban J connectivity index is 0. The van der Waals surface area contributed by atoms with Crippen LogP contribution in [0.5, 0.6) is 0 Å². The SMILES string of the molecule is NCCCN.NCCOCCO. The van der Waals surface area contributed by atoms with E-state index in [0.29, 0.717) is 19.8 Å². The average Bonchev–Trinajstić information content (AvgIpc) is 2.08. The van der Waals surface area contributed by atoms with Gasteiger partial charge < -0.3 is 27.0 Å². The predicted octanol–water partition coefficient (Wildman–Crippen LogP) is -1.75. The van der Waals surface area contributed by atoms with Gasteiger partial charge in [-0.05, 0) is 19.5 Å². The summed E-state index contributed by atoms with van der Waals surface area (Å²) >= 11 is 0. The van der Waals surface area contributed by atoms with Gasteiger partial charge in [-0.3, -0.25) is 0 Å². The largest absolute Gasteiger partial charge is 0.394 e. The Morgan fingerprint density at radius 3 is 1.75 bits per heavy atom. The molecule has 0 atom stereocenters. The molecule has 5 nitrogen and oxygen atoms in total. The number of hydrogen-bond acceptors (Lipinski definition) is 5. The van der Waals surface area contributed by atoms with Gasteiger partial charge in [0.1, 0.15) is 0 Å². The van der Waals surface area contributed by atoms with E-state index in [-0.39, 0.29) is 6.61 Å². The van der Waals surface area contributed by atoms with Crippen LogP contribution in [-0.4, -0.2) is 44.6 Å². The Kier molecular flexibility index (Phi) is 20.4. The minimum atomic E-state index is 0.0833. The third kappa shape index (κ3) is 22.6. The Hall–Kier alpha value is -0.200. The minimum absolute atomic E-state index is 0.0833. The molecule has 0 unspecified atom stereocenters. The highest BCUT2D eigenvalue weighted by molar-refractivity contribution is 4.33. The van der Waals surface area contributed by atoms with E-state index in [1.165, 1.54) is 0 Å². The van der Waals surface area contributed by atoms with Crippen LogP contribution in [0.15, 0.2) is 0 Å². The van der Waals surface area contributed by atoms with E-state index in [4.69, 9.17) is 27.0 Å². The molecule has 0 radical (unpaired) electrons. The molecule has 0 aromatic carbocycles. The second-order valence-corrected chi connectivity index (χ2v) is 2.06. The molecule has 0 heterocycles. The number of nitrogens with two attached hydrogens (primary N) is 3. The maximum Gasteiger partial charge on any atom is 0.0698 e. The van der Waals surface area contributed by atoms with E-state index in [9.17, 15) is 0 Å². The molecule has 0 fully saturated rings. The van der Waals surface area contributed by atoms with Crippen molar-refractivity contribution in [3.63, 3.8) is 0 Å². The first kappa shape index (κ1) is 14.3. The third-order valence-electron chi connectivity index (χ3n) is 0.906. The van der Waals surface area contributed by atoms with E-state index < -0.39 is 0 Å². The van der Waals surface area contributed by atoms with E-state index in [1.807, 2.05) is 0 Å². The molecule has 0 aliphatic carbocycles. The lowest BCUT2D eigenvalue weighted by Crippen LogP contribution is -2.10. The van der Waals surface area contributed by atoms with Crippen molar-refractivity contribution in [2.75, 3.05) is 39.5 Å². The highest BCUT2D eigenvalue weighted by Gasteiger charge is 1.78. The molecule has 0 saturated carbocycles. The van der Waals surface area contributed by atoms with Crippen LogP contribution in [0.4, 0.5) is 0 Å². The van der Waals surface area contributed by atoms with Crippen LogP contribution in [0.25, 0.3) is 0 Å². The Labute approximate surface area is 73.9 Å².